The Labute approximate surface area is 63.4 Å². The Morgan fingerprint density at radius 2 is 1.90 bits per heavy atom. The molecule has 0 aromatic heterocycles. The second-order valence-electron chi connectivity index (χ2n) is 2.06. The molecule has 0 aliphatic carbocycles. The molecule has 0 aromatic carbocycles. The van der Waals surface area contributed by atoms with Crippen LogP contribution in [0.15, 0.2) is 23.5 Å². The van der Waals surface area contributed by atoms with Gasteiger partial charge in [-0.25, -0.2) is 0 Å². The fourth-order valence-electron chi connectivity index (χ4n) is 0.723. The maximum atomic E-state index is 5.34. The summed E-state index contributed by atoms with van der Waals surface area (Å²) in [5.74, 6) is 0.991. The van der Waals surface area contributed by atoms with Crippen molar-refractivity contribution < 1.29 is 4.74 Å². The van der Waals surface area contributed by atoms with Crippen molar-refractivity contribution in [2.24, 2.45) is 0 Å². The summed E-state index contributed by atoms with van der Waals surface area (Å²) < 4.78 is 5.34. The van der Waals surface area contributed by atoms with Crippen LogP contribution in [0.3, 0.4) is 0 Å². The van der Waals surface area contributed by atoms with Gasteiger partial charge in [0.15, 0.2) is 0 Å². The predicted molar refractivity (Wildman–Crippen MR) is 44.8 cm³/mol. The van der Waals surface area contributed by atoms with Crippen molar-refractivity contribution in [3.63, 3.8) is 0 Å². The minimum atomic E-state index is 0.741. The van der Waals surface area contributed by atoms with Crippen LogP contribution < -0.4 is 0 Å². The van der Waals surface area contributed by atoms with E-state index in [9.17, 15) is 0 Å². The van der Waals surface area contributed by atoms with Gasteiger partial charge in [0.05, 0.1) is 6.61 Å². The highest BCUT2D eigenvalue weighted by atomic mass is 16.5. The topological polar surface area (TPSA) is 9.23 Å². The van der Waals surface area contributed by atoms with E-state index in [2.05, 4.69) is 0 Å². The molecule has 0 N–H and O–H groups in total. The van der Waals surface area contributed by atoms with Crippen LogP contribution in [0.1, 0.15) is 27.7 Å². The number of ether oxygens (including phenoxy) is 1. The van der Waals surface area contributed by atoms with Crippen molar-refractivity contribution in [3.8, 4) is 0 Å². The van der Waals surface area contributed by atoms with Crippen molar-refractivity contribution in [2.45, 2.75) is 27.7 Å². The Morgan fingerprint density at radius 1 is 1.30 bits per heavy atom. The predicted octanol–water partition coefficient (Wildman–Crippen LogP) is 2.89. The number of rotatable bonds is 3. The summed E-state index contributed by atoms with van der Waals surface area (Å²) in [5, 5.41) is 0. The summed E-state index contributed by atoms with van der Waals surface area (Å²) in [6.07, 6.45) is 4.03. The highest BCUT2D eigenvalue weighted by molar-refractivity contribution is 5.22. The van der Waals surface area contributed by atoms with Crippen molar-refractivity contribution in [2.75, 3.05) is 6.61 Å². The summed E-state index contributed by atoms with van der Waals surface area (Å²) in [4.78, 5) is 0. The molecule has 0 amide bonds. The maximum Gasteiger partial charge on any atom is 0.117 e. The van der Waals surface area contributed by atoms with Gasteiger partial charge in [-0.2, -0.15) is 0 Å². The van der Waals surface area contributed by atoms with E-state index in [4.69, 9.17) is 4.74 Å². The third-order valence-electron chi connectivity index (χ3n) is 1.38. The number of allylic oxidation sites excluding steroid dienone is 3. The summed E-state index contributed by atoms with van der Waals surface area (Å²) >= 11 is 0. The normalized spacial score (nSPS) is 13.6. The van der Waals surface area contributed by atoms with Gasteiger partial charge < -0.3 is 4.74 Å². The maximum absolute atomic E-state index is 5.34. The van der Waals surface area contributed by atoms with Gasteiger partial charge in [0, 0.05) is 0 Å². The van der Waals surface area contributed by atoms with E-state index in [1.54, 1.807) is 0 Å². The first-order valence-electron chi connectivity index (χ1n) is 3.68. The van der Waals surface area contributed by atoms with E-state index in [1.807, 2.05) is 39.8 Å². The molecule has 10 heavy (non-hydrogen) atoms. The number of hydrogen-bond donors (Lipinski definition) is 0. The Kier molecular flexibility index (Phi) is 4.73. The van der Waals surface area contributed by atoms with E-state index >= 15 is 0 Å². The molecule has 1 nitrogen and oxygen atoms in total. The zero-order valence-corrected chi connectivity index (χ0v) is 7.27. The van der Waals surface area contributed by atoms with Crippen LogP contribution in [0.4, 0.5) is 0 Å². The van der Waals surface area contributed by atoms with Gasteiger partial charge in [0.25, 0.3) is 0 Å². The van der Waals surface area contributed by atoms with E-state index in [0.717, 1.165) is 12.4 Å². The molecule has 0 heterocycles. The molecule has 0 fully saturated rings. The van der Waals surface area contributed by atoms with Crippen molar-refractivity contribution in [1.82, 2.24) is 0 Å². The largest absolute Gasteiger partial charge is 0.494 e. The van der Waals surface area contributed by atoms with Crippen molar-refractivity contribution >= 4 is 0 Å². The van der Waals surface area contributed by atoms with E-state index in [-0.39, 0.29) is 0 Å². The van der Waals surface area contributed by atoms with Gasteiger partial charge in [-0.3, -0.25) is 0 Å². The fraction of sp³-hybridized carbons (Fsp3) is 0.556. The molecule has 0 bridgehead atoms. The van der Waals surface area contributed by atoms with Crippen LogP contribution in [0.25, 0.3) is 0 Å². The van der Waals surface area contributed by atoms with Crippen LogP contribution in [0.5, 0.6) is 0 Å². The summed E-state index contributed by atoms with van der Waals surface area (Å²) in [5.41, 5.74) is 1.20. The third-order valence-corrected chi connectivity index (χ3v) is 1.38. The molecule has 0 radical (unpaired) electrons. The van der Waals surface area contributed by atoms with Crippen LogP contribution in [0, 0.1) is 0 Å². The number of hydrogen-bond acceptors (Lipinski definition) is 1. The van der Waals surface area contributed by atoms with Gasteiger partial charge in [0.2, 0.25) is 0 Å². The minimum Gasteiger partial charge on any atom is -0.494 e. The average molecular weight is 140 g/mol. The lowest BCUT2D eigenvalue weighted by Gasteiger charge is -2.06. The Bertz CT molecular complexity index is 143. The van der Waals surface area contributed by atoms with Crippen LogP contribution in [-0.4, -0.2) is 6.61 Å². The smallest absolute Gasteiger partial charge is 0.117 e. The van der Waals surface area contributed by atoms with Gasteiger partial charge in [-0.05, 0) is 39.3 Å². The minimum absolute atomic E-state index is 0.741. The average Bonchev–Trinajstić information content (AvgIpc) is 1.99. The quantitative estimate of drug-likeness (QED) is 0.432. The molecule has 1 heteroatoms. The second-order valence-corrected chi connectivity index (χ2v) is 2.06. The van der Waals surface area contributed by atoms with Crippen LogP contribution in [-0.2, 0) is 4.74 Å². The van der Waals surface area contributed by atoms with Gasteiger partial charge in [0.1, 0.15) is 5.76 Å². The standard InChI is InChI=1S/C9H16O/c1-5-8(4)9(6-2)10-7-3/h5-6H,7H2,1-4H3/b8-5?,9-6+. The van der Waals surface area contributed by atoms with Crippen molar-refractivity contribution in [1.29, 1.82) is 0 Å². The lowest BCUT2D eigenvalue weighted by Crippen LogP contribution is -1.91. The molecule has 0 atom stereocenters. The van der Waals surface area contributed by atoms with Crippen LogP contribution in [0.2, 0.25) is 0 Å². The molecule has 0 rings (SSSR count). The third kappa shape index (κ3) is 2.72. The van der Waals surface area contributed by atoms with E-state index < -0.39 is 0 Å². The Hall–Kier alpha value is -0.720. The van der Waals surface area contributed by atoms with E-state index in [1.165, 1.54) is 5.57 Å². The highest BCUT2D eigenvalue weighted by Crippen LogP contribution is 2.09. The van der Waals surface area contributed by atoms with Gasteiger partial charge >= 0.3 is 0 Å². The summed E-state index contributed by atoms with van der Waals surface area (Å²) in [6.45, 7) is 8.78. The molecule has 0 aliphatic heterocycles. The molecule has 58 valence electrons. The Balaban J connectivity index is 4.09. The molecule has 0 saturated heterocycles. The molecular weight excluding hydrogens is 124 g/mol. The second kappa shape index (κ2) is 5.10. The Morgan fingerprint density at radius 3 is 2.20 bits per heavy atom. The molecule has 0 aromatic rings. The lowest BCUT2D eigenvalue weighted by atomic mass is 10.2. The molecule has 0 spiro atoms. The highest BCUT2D eigenvalue weighted by Gasteiger charge is 1.94. The lowest BCUT2D eigenvalue weighted by molar-refractivity contribution is 0.237. The first-order valence-corrected chi connectivity index (χ1v) is 3.68. The fourth-order valence-corrected chi connectivity index (χ4v) is 0.723. The van der Waals surface area contributed by atoms with Gasteiger partial charge in [-0.15, -0.1) is 0 Å². The van der Waals surface area contributed by atoms with Crippen molar-refractivity contribution in [3.05, 3.63) is 23.5 Å². The molecular formula is C9H16O. The van der Waals surface area contributed by atoms with E-state index in [0.29, 0.717) is 0 Å². The zero-order chi connectivity index (χ0) is 7.98. The zero-order valence-electron chi connectivity index (χ0n) is 7.27. The molecule has 0 aliphatic rings. The van der Waals surface area contributed by atoms with Gasteiger partial charge in [-0.1, -0.05) is 6.08 Å². The van der Waals surface area contributed by atoms with Crippen LogP contribution >= 0.6 is 0 Å². The first kappa shape index (κ1) is 9.28. The monoisotopic (exact) mass is 140 g/mol. The molecule has 0 saturated carbocycles. The first-order chi connectivity index (χ1) is 4.76. The summed E-state index contributed by atoms with van der Waals surface area (Å²) in [7, 11) is 0. The SMILES string of the molecule is CC=C(C)/C(=C\C)OCC. The summed E-state index contributed by atoms with van der Waals surface area (Å²) in [6, 6.07) is 0. The molecule has 0 unspecified atom stereocenters.